The van der Waals surface area contributed by atoms with Gasteiger partial charge in [0.05, 0.1) is 24.0 Å². The first-order valence-corrected chi connectivity index (χ1v) is 9.72. The first-order valence-electron chi connectivity index (χ1n) is 9.35. The number of hydrogen-bond donors (Lipinski definition) is 2. The Kier molecular flexibility index (Phi) is 5.58. The summed E-state index contributed by atoms with van der Waals surface area (Å²) in [5, 5.41) is 7.45. The number of fused-ring (bicyclic) bond motifs is 2. The minimum absolute atomic E-state index is 0.0115. The average molecular weight is 424 g/mol. The number of halogens is 1. The molecule has 0 saturated heterocycles. The molecule has 0 fully saturated rings. The highest BCUT2D eigenvalue weighted by atomic mass is 35.5. The van der Waals surface area contributed by atoms with Crippen molar-refractivity contribution in [1.29, 1.82) is 0 Å². The molecule has 1 atom stereocenters. The maximum Gasteiger partial charge on any atom is 0.330 e. The van der Waals surface area contributed by atoms with E-state index in [9.17, 15) is 9.59 Å². The molecule has 8 nitrogen and oxygen atoms in total. The summed E-state index contributed by atoms with van der Waals surface area (Å²) < 4.78 is 4.76. The molecule has 0 aliphatic carbocycles. The minimum Gasteiger partial charge on any atom is -0.463 e. The SMILES string of the molecule is CCOC(=O)C=CC(=O)Nc1cc2c(C3CNc4cc(Cl)ccc43)ncnc2cn1. The molecule has 1 amide bonds. The molecule has 1 aliphatic rings. The fraction of sp³-hybridized carbons (Fsp3) is 0.190. The van der Waals surface area contributed by atoms with E-state index in [-0.39, 0.29) is 12.5 Å². The highest BCUT2D eigenvalue weighted by Gasteiger charge is 2.27. The van der Waals surface area contributed by atoms with E-state index in [1.807, 2.05) is 18.2 Å². The number of benzene rings is 1. The van der Waals surface area contributed by atoms with Gasteiger partial charge < -0.3 is 15.4 Å². The van der Waals surface area contributed by atoms with Crippen LogP contribution in [0.2, 0.25) is 5.02 Å². The van der Waals surface area contributed by atoms with E-state index in [1.165, 1.54) is 6.33 Å². The Hall–Kier alpha value is -3.52. The van der Waals surface area contributed by atoms with Crippen LogP contribution in [-0.2, 0) is 14.3 Å². The molecule has 4 rings (SSSR count). The van der Waals surface area contributed by atoms with Gasteiger partial charge >= 0.3 is 5.97 Å². The number of anilines is 2. The van der Waals surface area contributed by atoms with E-state index >= 15 is 0 Å². The minimum atomic E-state index is -0.581. The number of amides is 1. The zero-order valence-corrected chi connectivity index (χ0v) is 16.8. The maximum absolute atomic E-state index is 12.1. The van der Waals surface area contributed by atoms with Crippen LogP contribution >= 0.6 is 11.6 Å². The molecule has 0 saturated carbocycles. The number of nitrogens with zero attached hydrogens (tertiary/aromatic N) is 3. The first kappa shape index (κ1) is 19.8. The number of ether oxygens (including phenoxy) is 1. The largest absolute Gasteiger partial charge is 0.463 e. The first-order chi connectivity index (χ1) is 14.5. The molecule has 30 heavy (non-hydrogen) atoms. The van der Waals surface area contributed by atoms with Gasteiger partial charge in [0.15, 0.2) is 0 Å². The predicted molar refractivity (Wildman–Crippen MR) is 114 cm³/mol. The molecule has 0 radical (unpaired) electrons. The van der Waals surface area contributed by atoms with Gasteiger partial charge in [0.2, 0.25) is 5.91 Å². The van der Waals surface area contributed by atoms with E-state index in [4.69, 9.17) is 16.3 Å². The van der Waals surface area contributed by atoms with E-state index in [0.29, 0.717) is 22.9 Å². The molecule has 1 aromatic carbocycles. The van der Waals surface area contributed by atoms with E-state index < -0.39 is 11.9 Å². The van der Waals surface area contributed by atoms with Crippen molar-refractivity contribution in [2.24, 2.45) is 0 Å². The molecular weight excluding hydrogens is 406 g/mol. The van der Waals surface area contributed by atoms with Crippen LogP contribution in [0.15, 0.2) is 48.9 Å². The molecule has 0 spiro atoms. The number of pyridine rings is 1. The summed E-state index contributed by atoms with van der Waals surface area (Å²) in [7, 11) is 0. The Balaban J connectivity index is 1.63. The normalized spacial score (nSPS) is 15.1. The molecule has 2 aromatic heterocycles. The molecule has 1 unspecified atom stereocenters. The van der Waals surface area contributed by atoms with Crippen molar-refractivity contribution in [3.8, 4) is 0 Å². The van der Waals surface area contributed by atoms with Gasteiger partial charge in [-0.05, 0) is 30.7 Å². The number of rotatable bonds is 5. The van der Waals surface area contributed by atoms with E-state index in [2.05, 4.69) is 25.6 Å². The van der Waals surface area contributed by atoms with Crippen LogP contribution in [0.5, 0.6) is 0 Å². The van der Waals surface area contributed by atoms with Crippen molar-refractivity contribution in [1.82, 2.24) is 15.0 Å². The molecule has 9 heteroatoms. The van der Waals surface area contributed by atoms with Crippen LogP contribution in [0.3, 0.4) is 0 Å². The lowest BCUT2D eigenvalue weighted by molar-refractivity contribution is -0.137. The topological polar surface area (TPSA) is 106 Å². The number of aromatic nitrogens is 3. The van der Waals surface area contributed by atoms with Crippen molar-refractivity contribution in [2.45, 2.75) is 12.8 Å². The number of carbonyl (C=O) groups excluding carboxylic acids is 2. The van der Waals surface area contributed by atoms with Crippen molar-refractivity contribution in [3.63, 3.8) is 0 Å². The average Bonchev–Trinajstić information content (AvgIpc) is 3.15. The summed E-state index contributed by atoms with van der Waals surface area (Å²) in [6.45, 7) is 2.61. The molecule has 152 valence electrons. The summed E-state index contributed by atoms with van der Waals surface area (Å²) in [5.41, 5.74) is 3.57. The van der Waals surface area contributed by atoms with Crippen LogP contribution in [-0.4, -0.2) is 40.0 Å². The number of hydrogen-bond acceptors (Lipinski definition) is 7. The van der Waals surface area contributed by atoms with Crippen LogP contribution in [0, 0.1) is 0 Å². The second-order valence-electron chi connectivity index (χ2n) is 6.59. The fourth-order valence-electron chi connectivity index (χ4n) is 3.38. The second-order valence-corrected chi connectivity index (χ2v) is 7.02. The van der Waals surface area contributed by atoms with E-state index in [1.54, 1.807) is 19.2 Å². The predicted octanol–water partition coefficient (Wildman–Crippen LogP) is 3.29. The Labute approximate surface area is 177 Å². The highest BCUT2D eigenvalue weighted by Crippen LogP contribution is 2.38. The van der Waals surface area contributed by atoms with Gasteiger partial charge in [-0.1, -0.05) is 17.7 Å². The summed E-state index contributed by atoms with van der Waals surface area (Å²) in [5.74, 6) is -0.727. The quantitative estimate of drug-likeness (QED) is 0.479. The molecule has 2 N–H and O–H groups in total. The summed E-state index contributed by atoms with van der Waals surface area (Å²) in [4.78, 5) is 36.5. The zero-order chi connectivity index (χ0) is 21.1. The molecule has 0 bridgehead atoms. The smallest absolute Gasteiger partial charge is 0.330 e. The number of nitrogens with one attached hydrogen (secondary N) is 2. The third-order valence-electron chi connectivity index (χ3n) is 4.68. The van der Waals surface area contributed by atoms with Gasteiger partial charge in [0.1, 0.15) is 12.1 Å². The van der Waals surface area contributed by atoms with Crippen molar-refractivity contribution < 1.29 is 14.3 Å². The lowest BCUT2D eigenvalue weighted by Gasteiger charge is -2.13. The Bertz CT molecular complexity index is 1160. The third-order valence-corrected chi connectivity index (χ3v) is 4.91. The van der Waals surface area contributed by atoms with Gasteiger partial charge in [-0.3, -0.25) is 4.79 Å². The maximum atomic E-state index is 12.1. The lowest BCUT2D eigenvalue weighted by atomic mass is 9.95. The zero-order valence-electron chi connectivity index (χ0n) is 16.1. The van der Waals surface area contributed by atoms with Gasteiger partial charge in [-0.15, -0.1) is 0 Å². The second kappa shape index (κ2) is 8.46. The lowest BCUT2D eigenvalue weighted by Crippen LogP contribution is -2.11. The summed E-state index contributed by atoms with van der Waals surface area (Å²) in [6.07, 6.45) is 5.26. The number of esters is 1. The standard InChI is InChI=1S/C21H18ClN5O3/c1-2-30-20(29)6-5-19(28)27-18-8-14-17(10-24-18)25-11-26-21(14)15-9-23-16-7-12(22)3-4-13(15)16/h3-8,10-11,15,23H,2,9H2,1H3,(H,24,27,28). The van der Waals surface area contributed by atoms with Crippen LogP contribution in [0.25, 0.3) is 10.9 Å². The van der Waals surface area contributed by atoms with Gasteiger partial charge in [-0.25, -0.2) is 19.7 Å². The van der Waals surface area contributed by atoms with Crippen LogP contribution < -0.4 is 10.6 Å². The summed E-state index contributed by atoms with van der Waals surface area (Å²) >= 11 is 6.10. The molecule has 3 heterocycles. The Morgan fingerprint density at radius 2 is 2.13 bits per heavy atom. The van der Waals surface area contributed by atoms with Crippen LogP contribution in [0.1, 0.15) is 24.1 Å². The highest BCUT2D eigenvalue weighted by molar-refractivity contribution is 6.30. The van der Waals surface area contributed by atoms with Crippen molar-refractivity contribution >= 4 is 45.9 Å². The van der Waals surface area contributed by atoms with Gasteiger partial charge in [0, 0.05) is 40.7 Å². The van der Waals surface area contributed by atoms with Crippen molar-refractivity contribution in [2.75, 3.05) is 23.8 Å². The summed E-state index contributed by atoms with van der Waals surface area (Å²) in [6, 6.07) is 7.46. The fourth-order valence-corrected chi connectivity index (χ4v) is 3.55. The number of carbonyl (C=O) groups is 2. The van der Waals surface area contributed by atoms with E-state index in [0.717, 1.165) is 34.5 Å². The monoisotopic (exact) mass is 423 g/mol. The third kappa shape index (κ3) is 4.08. The van der Waals surface area contributed by atoms with Crippen LogP contribution in [0.4, 0.5) is 11.5 Å². The Morgan fingerprint density at radius 1 is 1.27 bits per heavy atom. The Morgan fingerprint density at radius 3 is 2.97 bits per heavy atom. The molecular formula is C21H18ClN5O3. The van der Waals surface area contributed by atoms with Gasteiger partial charge in [-0.2, -0.15) is 0 Å². The molecule has 1 aliphatic heterocycles. The van der Waals surface area contributed by atoms with Crippen molar-refractivity contribution in [3.05, 3.63) is 65.2 Å². The van der Waals surface area contributed by atoms with Gasteiger partial charge in [0.25, 0.3) is 0 Å². The molecule has 3 aromatic rings.